The normalized spacial score (nSPS) is 22.1. The van der Waals surface area contributed by atoms with Gasteiger partial charge >= 0.3 is 5.97 Å². The van der Waals surface area contributed by atoms with E-state index in [2.05, 4.69) is 0 Å². The van der Waals surface area contributed by atoms with Crippen molar-refractivity contribution in [3.05, 3.63) is 59.6 Å². The second-order valence-corrected chi connectivity index (χ2v) is 4.67. The van der Waals surface area contributed by atoms with Crippen LogP contribution in [0.3, 0.4) is 0 Å². The number of likely N-dealkylation sites (N-methyl/N-ethyl adjacent to an activating group) is 1. The van der Waals surface area contributed by atoms with Crippen LogP contribution in [0, 0.1) is 5.82 Å². The molecule has 0 aromatic heterocycles. The van der Waals surface area contributed by atoms with Gasteiger partial charge in [0.15, 0.2) is 0 Å². The van der Waals surface area contributed by atoms with Gasteiger partial charge in [-0.15, -0.1) is 0 Å². The standard InChI is InChI=1S/C15H16FNO2/c1-15(12-4-6-13(16)7-5-12)9-8-11(10-17(15)2)14(18)19-3/h4-10H,1-3H3/t15-/m1/s1. The first kappa shape index (κ1) is 13.3. The van der Waals surface area contributed by atoms with Gasteiger partial charge in [-0.3, -0.25) is 0 Å². The lowest BCUT2D eigenvalue weighted by atomic mass is 9.87. The van der Waals surface area contributed by atoms with Crippen LogP contribution in [0.5, 0.6) is 0 Å². The van der Waals surface area contributed by atoms with E-state index in [1.807, 2.05) is 24.9 Å². The first-order valence-corrected chi connectivity index (χ1v) is 5.96. The van der Waals surface area contributed by atoms with Gasteiger partial charge in [-0.25, -0.2) is 9.18 Å². The Hall–Kier alpha value is -2.10. The van der Waals surface area contributed by atoms with E-state index in [0.29, 0.717) is 5.57 Å². The van der Waals surface area contributed by atoms with Crippen LogP contribution < -0.4 is 0 Å². The summed E-state index contributed by atoms with van der Waals surface area (Å²) in [5.74, 6) is -0.634. The third-order valence-corrected chi connectivity index (χ3v) is 3.50. The van der Waals surface area contributed by atoms with Crippen LogP contribution in [0.1, 0.15) is 12.5 Å². The number of nitrogens with zero attached hydrogens (tertiary/aromatic N) is 1. The average molecular weight is 261 g/mol. The van der Waals surface area contributed by atoms with Crippen molar-refractivity contribution in [3.8, 4) is 0 Å². The molecular formula is C15H16FNO2. The number of carbonyl (C=O) groups is 1. The first-order valence-electron chi connectivity index (χ1n) is 5.96. The van der Waals surface area contributed by atoms with Crippen molar-refractivity contribution < 1.29 is 13.9 Å². The van der Waals surface area contributed by atoms with Gasteiger partial charge < -0.3 is 9.64 Å². The second kappa shape index (κ2) is 4.88. The van der Waals surface area contributed by atoms with Gasteiger partial charge in [0.05, 0.1) is 18.2 Å². The third-order valence-electron chi connectivity index (χ3n) is 3.50. The molecule has 100 valence electrons. The molecule has 1 atom stereocenters. The molecule has 0 radical (unpaired) electrons. The van der Waals surface area contributed by atoms with Crippen LogP contribution in [0.15, 0.2) is 48.2 Å². The van der Waals surface area contributed by atoms with E-state index in [0.717, 1.165) is 5.56 Å². The highest BCUT2D eigenvalue weighted by molar-refractivity contribution is 5.91. The van der Waals surface area contributed by atoms with Crippen molar-refractivity contribution in [3.63, 3.8) is 0 Å². The Bertz CT molecular complexity index is 548. The molecule has 4 heteroatoms. The minimum atomic E-state index is -0.411. The highest BCUT2D eigenvalue weighted by Gasteiger charge is 2.30. The van der Waals surface area contributed by atoms with Gasteiger partial charge in [0.25, 0.3) is 0 Å². The van der Waals surface area contributed by atoms with Crippen LogP contribution in [0.25, 0.3) is 0 Å². The fourth-order valence-electron chi connectivity index (χ4n) is 2.08. The highest BCUT2D eigenvalue weighted by Crippen LogP contribution is 2.33. The van der Waals surface area contributed by atoms with Crippen molar-refractivity contribution >= 4 is 5.97 Å². The van der Waals surface area contributed by atoms with E-state index in [1.54, 1.807) is 24.4 Å². The molecule has 0 amide bonds. The van der Waals surface area contributed by atoms with Crippen molar-refractivity contribution in [2.24, 2.45) is 0 Å². The number of ether oxygens (including phenoxy) is 1. The molecule has 0 N–H and O–H groups in total. The largest absolute Gasteiger partial charge is 0.465 e. The van der Waals surface area contributed by atoms with Gasteiger partial charge in [0.1, 0.15) is 5.82 Å². The summed E-state index contributed by atoms with van der Waals surface area (Å²) < 4.78 is 17.7. The van der Waals surface area contributed by atoms with E-state index in [1.165, 1.54) is 19.2 Å². The van der Waals surface area contributed by atoms with Crippen LogP contribution in [0.4, 0.5) is 4.39 Å². The molecule has 1 aliphatic heterocycles. The van der Waals surface area contributed by atoms with Gasteiger partial charge in [0.2, 0.25) is 0 Å². The Kier molecular flexibility index (Phi) is 3.42. The zero-order valence-electron chi connectivity index (χ0n) is 11.2. The monoisotopic (exact) mass is 261 g/mol. The summed E-state index contributed by atoms with van der Waals surface area (Å²) in [6, 6.07) is 6.35. The maximum atomic E-state index is 13.0. The van der Waals surface area contributed by atoms with Crippen LogP contribution in [0.2, 0.25) is 0 Å². The fourth-order valence-corrected chi connectivity index (χ4v) is 2.08. The lowest BCUT2D eigenvalue weighted by Crippen LogP contribution is -2.38. The summed E-state index contributed by atoms with van der Waals surface area (Å²) in [5, 5.41) is 0. The Morgan fingerprint density at radius 3 is 2.47 bits per heavy atom. The molecule has 0 saturated heterocycles. The maximum absolute atomic E-state index is 13.0. The van der Waals surface area contributed by atoms with Crippen LogP contribution in [-0.4, -0.2) is 25.0 Å². The Balaban J connectivity index is 2.33. The van der Waals surface area contributed by atoms with E-state index >= 15 is 0 Å². The lowest BCUT2D eigenvalue weighted by Gasteiger charge is -2.39. The smallest absolute Gasteiger partial charge is 0.339 e. The molecule has 0 fully saturated rings. The van der Waals surface area contributed by atoms with Gasteiger partial charge in [-0.05, 0) is 30.7 Å². The zero-order valence-corrected chi connectivity index (χ0v) is 11.2. The minimum absolute atomic E-state index is 0.263. The molecule has 19 heavy (non-hydrogen) atoms. The minimum Gasteiger partial charge on any atom is -0.465 e. The first-order chi connectivity index (χ1) is 8.97. The summed E-state index contributed by atoms with van der Waals surface area (Å²) in [7, 11) is 3.22. The van der Waals surface area contributed by atoms with Gasteiger partial charge in [-0.2, -0.15) is 0 Å². The maximum Gasteiger partial charge on any atom is 0.339 e. The molecule has 2 rings (SSSR count). The number of rotatable bonds is 2. The number of benzene rings is 1. The average Bonchev–Trinajstić information content (AvgIpc) is 2.41. The molecule has 0 bridgehead atoms. The Morgan fingerprint density at radius 1 is 1.32 bits per heavy atom. The Morgan fingerprint density at radius 2 is 1.95 bits per heavy atom. The van der Waals surface area contributed by atoms with Crippen molar-refractivity contribution in [2.75, 3.05) is 14.2 Å². The van der Waals surface area contributed by atoms with Gasteiger partial charge in [-0.1, -0.05) is 18.2 Å². The second-order valence-electron chi connectivity index (χ2n) is 4.67. The molecule has 0 unspecified atom stereocenters. The predicted molar refractivity (Wildman–Crippen MR) is 70.8 cm³/mol. The molecule has 0 spiro atoms. The molecular weight excluding hydrogens is 245 g/mol. The van der Waals surface area contributed by atoms with Crippen LogP contribution >= 0.6 is 0 Å². The summed E-state index contributed by atoms with van der Waals surface area (Å²) >= 11 is 0. The zero-order chi connectivity index (χ0) is 14.0. The van der Waals surface area contributed by atoms with E-state index in [9.17, 15) is 9.18 Å². The summed E-state index contributed by atoms with van der Waals surface area (Å²) in [5.41, 5.74) is 1.03. The molecule has 0 saturated carbocycles. The number of hydrogen-bond acceptors (Lipinski definition) is 3. The summed E-state index contributed by atoms with van der Waals surface area (Å²) in [4.78, 5) is 13.4. The van der Waals surface area contributed by atoms with E-state index in [-0.39, 0.29) is 11.8 Å². The molecule has 0 aliphatic carbocycles. The van der Waals surface area contributed by atoms with Crippen molar-refractivity contribution in [2.45, 2.75) is 12.5 Å². The van der Waals surface area contributed by atoms with Crippen molar-refractivity contribution in [1.82, 2.24) is 4.90 Å². The van der Waals surface area contributed by atoms with E-state index < -0.39 is 5.54 Å². The molecule has 1 aromatic carbocycles. The molecule has 1 heterocycles. The number of carbonyl (C=O) groups excluding carboxylic acids is 1. The van der Waals surface area contributed by atoms with E-state index in [4.69, 9.17) is 4.74 Å². The topological polar surface area (TPSA) is 29.5 Å². The molecule has 1 aliphatic rings. The number of hydrogen-bond donors (Lipinski definition) is 0. The Labute approximate surface area is 112 Å². The summed E-state index contributed by atoms with van der Waals surface area (Å²) in [6.45, 7) is 2.00. The molecule has 3 nitrogen and oxygen atoms in total. The fraction of sp³-hybridized carbons (Fsp3) is 0.267. The highest BCUT2D eigenvalue weighted by atomic mass is 19.1. The number of halogens is 1. The third kappa shape index (κ3) is 2.38. The SMILES string of the molecule is COC(=O)C1=CN(C)[C@@](C)(c2ccc(F)cc2)C=C1. The molecule has 1 aromatic rings. The van der Waals surface area contributed by atoms with Crippen molar-refractivity contribution in [1.29, 1.82) is 0 Å². The number of methoxy groups -OCH3 is 1. The van der Waals surface area contributed by atoms with Crippen LogP contribution in [-0.2, 0) is 15.1 Å². The predicted octanol–water partition coefficient (Wildman–Crippen LogP) is 2.60. The number of esters is 1. The lowest BCUT2D eigenvalue weighted by molar-refractivity contribution is -0.135. The quantitative estimate of drug-likeness (QED) is 0.766. The summed E-state index contributed by atoms with van der Waals surface area (Å²) in [6.07, 6.45) is 5.37. The van der Waals surface area contributed by atoms with Gasteiger partial charge in [0, 0.05) is 13.2 Å².